The van der Waals surface area contributed by atoms with Gasteiger partial charge in [0.2, 0.25) is 0 Å². The second kappa shape index (κ2) is 1.94. The molecular formula is C7H9N3. The molecule has 1 aromatic rings. The predicted octanol–water partition coefficient (Wildman–Crippen LogP) is 0.936. The van der Waals surface area contributed by atoms with Crippen LogP contribution in [0.4, 0.5) is 5.82 Å². The van der Waals surface area contributed by atoms with Crippen LogP contribution >= 0.6 is 0 Å². The second-order valence-electron chi connectivity index (χ2n) is 2.49. The first-order chi connectivity index (χ1) is 5.68. The summed E-state index contributed by atoms with van der Waals surface area (Å²) in [4.78, 5) is 7.65. The third-order valence-corrected chi connectivity index (χ3v) is 1.55. The number of aromatic nitrogens is 2. The van der Waals surface area contributed by atoms with Crippen LogP contribution in [0.5, 0.6) is 0 Å². The van der Waals surface area contributed by atoms with Crippen molar-refractivity contribution in [3.8, 4) is 0 Å². The molecule has 0 atom stereocenters. The van der Waals surface area contributed by atoms with Crippen LogP contribution in [0.25, 0.3) is 0 Å². The molecule has 1 aromatic heterocycles. The minimum atomic E-state index is -0.00657. The van der Waals surface area contributed by atoms with Crippen molar-refractivity contribution in [3.05, 3.63) is 18.0 Å². The van der Waals surface area contributed by atoms with Crippen molar-refractivity contribution in [3.63, 3.8) is 0 Å². The third kappa shape index (κ3) is 0.943. The maximum absolute atomic E-state index is 7.44. The zero-order chi connectivity index (χ0) is 8.72. The molecule has 0 saturated heterocycles. The molecule has 52 valence electrons. The summed E-state index contributed by atoms with van der Waals surface area (Å²) in [5, 5.41) is 0. The van der Waals surface area contributed by atoms with E-state index in [2.05, 4.69) is 9.97 Å². The number of nitrogen functional groups attached to an aromatic ring is 1. The van der Waals surface area contributed by atoms with Crippen LogP contribution in [0.3, 0.4) is 0 Å². The Kier molecular flexibility index (Phi) is 0.756. The highest BCUT2D eigenvalue weighted by Gasteiger charge is 2.24. The van der Waals surface area contributed by atoms with Crippen molar-refractivity contribution >= 4 is 5.82 Å². The van der Waals surface area contributed by atoms with Gasteiger partial charge in [-0.05, 0) is 12.8 Å². The highest BCUT2D eigenvalue weighted by atomic mass is 14.9. The van der Waals surface area contributed by atoms with Crippen molar-refractivity contribution in [1.82, 2.24) is 9.97 Å². The zero-order valence-electron chi connectivity index (χ0n) is 7.46. The lowest BCUT2D eigenvalue weighted by molar-refractivity contribution is 0.992. The van der Waals surface area contributed by atoms with E-state index >= 15 is 0 Å². The van der Waals surface area contributed by atoms with E-state index in [1.807, 2.05) is 0 Å². The molecule has 0 spiro atoms. The van der Waals surface area contributed by atoms with Gasteiger partial charge in [0.1, 0.15) is 5.82 Å². The fourth-order valence-electron chi connectivity index (χ4n) is 0.824. The van der Waals surface area contributed by atoms with Gasteiger partial charge in [-0.15, -0.1) is 0 Å². The molecule has 0 radical (unpaired) electrons. The van der Waals surface area contributed by atoms with Gasteiger partial charge < -0.3 is 5.73 Å². The van der Waals surface area contributed by atoms with Gasteiger partial charge in [0.15, 0.2) is 0 Å². The summed E-state index contributed by atoms with van der Waals surface area (Å²) in [6, 6.07) is 0. The van der Waals surface area contributed by atoms with E-state index in [9.17, 15) is 0 Å². The van der Waals surface area contributed by atoms with Gasteiger partial charge in [-0.1, -0.05) is 0 Å². The Balaban J connectivity index is 2.47. The topological polar surface area (TPSA) is 51.8 Å². The molecule has 1 aliphatic carbocycles. The van der Waals surface area contributed by atoms with Crippen LogP contribution in [-0.4, -0.2) is 9.97 Å². The SMILES string of the molecule is [2H]c1nc(C2CC2)c([2H])nc1N. The van der Waals surface area contributed by atoms with E-state index < -0.39 is 0 Å². The normalized spacial score (nSPS) is 20.0. The lowest BCUT2D eigenvalue weighted by Gasteiger charge is -1.94. The van der Waals surface area contributed by atoms with E-state index in [1.165, 1.54) is 0 Å². The van der Waals surface area contributed by atoms with Gasteiger partial charge in [-0.2, -0.15) is 0 Å². The molecule has 3 heteroatoms. The largest absolute Gasteiger partial charge is 0.382 e. The number of hydrogen-bond acceptors (Lipinski definition) is 3. The lowest BCUT2D eigenvalue weighted by atomic mass is 10.3. The maximum atomic E-state index is 7.44. The Labute approximate surface area is 62.1 Å². The summed E-state index contributed by atoms with van der Waals surface area (Å²) in [6.07, 6.45) is 2.24. The van der Waals surface area contributed by atoms with Crippen LogP contribution in [0.15, 0.2) is 12.3 Å². The number of hydrogen-bond donors (Lipinski definition) is 1. The van der Waals surface area contributed by atoms with Crippen LogP contribution in [0.1, 0.15) is 27.2 Å². The standard InChI is InChI=1S/C7H9N3/c8-7-4-9-6(3-10-7)5-1-2-5/h3-5H,1-2H2,(H2,8,10)/i3D,4D. The Morgan fingerprint density at radius 2 is 2.30 bits per heavy atom. The van der Waals surface area contributed by atoms with E-state index in [-0.39, 0.29) is 18.2 Å². The van der Waals surface area contributed by atoms with Gasteiger partial charge in [0.25, 0.3) is 0 Å². The second-order valence-corrected chi connectivity index (χ2v) is 2.49. The molecule has 2 rings (SSSR count). The summed E-state index contributed by atoms with van der Waals surface area (Å²) < 4.78 is 14.7. The monoisotopic (exact) mass is 137 g/mol. The number of nitrogens with zero attached hydrogens (tertiary/aromatic N) is 2. The summed E-state index contributed by atoms with van der Waals surface area (Å²) in [5.41, 5.74) is 5.96. The third-order valence-electron chi connectivity index (χ3n) is 1.55. The zero-order valence-corrected chi connectivity index (χ0v) is 5.46. The van der Waals surface area contributed by atoms with E-state index in [0.29, 0.717) is 11.6 Å². The summed E-state index contributed by atoms with van der Waals surface area (Å²) >= 11 is 0. The summed E-state index contributed by atoms with van der Waals surface area (Å²) in [6.45, 7) is 0. The molecule has 1 fully saturated rings. The van der Waals surface area contributed by atoms with E-state index in [0.717, 1.165) is 12.8 Å². The van der Waals surface area contributed by atoms with Crippen molar-refractivity contribution in [1.29, 1.82) is 0 Å². The molecular weight excluding hydrogens is 126 g/mol. The number of nitrogens with two attached hydrogens (primary N) is 1. The average molecular weight is 137 g/mol. The van der Waals surface area contributed by atoms with Crippen LogP contribution in [0, 0.1) is 0 Å². The van der Waals surface area contributed by atoms with Crippen molar-refractivity contribution in [2.24, 2.45) is 0 Å². The fraction of sp³-hybridized carbons (Fsp3) is 0.429. The van der Waals surface area contributed by atoms with Crippen LogP contribution < -0.4 is 5.73 Å². The molecule has 1 aliphatic rings. The van der Waals surface area contributed by atoms with Gasteiger partial charge in [0, 0.05) is 5.92 Å². The average Bonchev–Trinajstić information content (AvgIpc) is 2.79. The first kappa shape index (κ1) is 3.91. The Morgan fingerprint density at radius 3 is 3.00 bits per heavy atom. The van der Waals surface area contributed by atoms with Crippen molar-refractivity contribution in [2.45, 2.75) is 18.8 Å². The summed E-state index contributed by atoms with van der Waals surface area (Å²) in [7, 11) is 0. The van der Waals surface area contributed by atoms with Crippen molar-refractivity contribution < 1.29 is 2.74 Å². The molecule has 1 heterocycles. The molecule has 0 aromatic carbocycles. The lowest BCUT2D eigenvalue weighted by Crippen LogP contribution is -1.93. The minimum Gasteiger partial charge on any atom is -0.382 e. The smallest absolute Gasteiger partial charge is 0.141 e. The molecule has 0 amide bonds. The maximum Gasteiger partial charge on any atom is 0.141 e. The van der Waals surface area contributed by atoms with Gasteiger partial charge >= 0.3 is 0 Å². The molecule has 3 nitrogen and oxygen atoms in total. The molecule has 10 heavy (non-hydrogen) atoms. The number of anilines is 1. The van der Waals surface area contributed by atoms with Crippen LogP contribution in [0.2, 0.25) is 0 Å². The quantitative estimate of drug-likeness (QED) is 0.626. The Bertz CT molecular complexity index is 323. The fourth-order valence-corrected chi connectivity index (χ4v) is 0.824. The Morgan fingerprint density at radius 1 is 1.50 bits per heavy atom. The highest BCUT2D eigenvalue weighted by molar-refractivity contribution is 5.24. The Hall–Kier alpha value is -1.12. The molecule has 0 bridgehead atoms. The summed E-state index contributed by atoms with van der Waals surface area (Å²) in [5.74, 6) is 0.402. The first-order valence-corrected chi connectivity index (χ1v) is 3.29. The minimum absolute atomic E-state index is 0.00657. The predicted molar refractivity (Wildman–Crippen MR) is 38.4 cm³/mol. The molecule has 2 N–H and O–H groups in total. The van der Waals surface area contributed by atoms with E-state index in [1.54, 1.807) is 0 Å². The highest BCUT2D eigenvalue weighted by Crippen LogP contribution is 2.38. The molecule has 0 unspecified atom stereocenters. The van der Waals surface area contributed by atoms with Gasteiger partial charge in [-0.3, -0.25) is 4.98 Å². The van der Waals surface area contributed by atoms with Gasteiger partial charge in [0.05, 0.1) is 20.8 Å². The van der Waals surface area contributed by atoms with Gasteiger partial charge in [-0.25, -0.2) is 4.98 Å². The van der Waals surface area contributed by atoms with Crippen molar-refractivity contribution in [2.75, 3.05) is 5.73 Å². The first-order valence-electron chi connectivity index (χ1n) is 4.29. The van der Waals surface area contributed by atoms with E-state index in [4.69, 9.17) is 8.48 Å². The molecule has 0 aliphatic heterocycles. The van der Waals surface area contributed by atoms with Crippen LogP contribution in [-0.2, 0) is 0 Å². The number of rotatable bonds is 1. The molecule has 1 saturated carbocycles.